The Morgan fingerprint density at radius 2 is 2.00 bits per heavy atom. The number of aromatic hydroxyl groups is 1. The molecule has 1 amide bonds. The number of hydrogen-bond donors (Lipinski definition) is 3. The van der Waals surface area contributed by atoms with E-state index in [1.54, 1.807) is 6.92 Å². The molecule has 0 fully saturated rings. The van der Waals surface area contributed by atoms with Crippen molar-refractivity contribution < 1.29 is 29.3 Å². The first kappa shape index (κ1) is 16.5. The van der Waals surface area contributed by atoms with Gasteiger partial charge in [0.15, 0.2) is 0 Å². The predicted molar refractivity (Wildman–Crippen MR) is 73.0 cm³/mol. The second kappa shape index (κ2) is 7.28. The molecule has 7 nitrogen and oxygen atoms in total. The van der Waals surface area contributed by atoms with Crippen LogP contribution >= 0.6 is 0 Å². The minimum Gasteiger partial charge on any atom is -0.508 e. The first-order valence-electron chi connectivity index (χ1n) is 6.26. The molecule has 0 bridgehead atoms. The molecule has 1 rings (SSSR count). The maximum absolute atomic E-state index is 12.0. The van der Waals surface area contributed by atoms with Gasteiger partial charge in [-0.25, -0.2) is 4.79 Å². The first-order chi connectivity index (χ1) is 9.86. The minimum atomic E-state index is -1.25. The van der Waals surface area contributed by atoms with Crippen LogP contribution in [0, 0.1) is 6.92 Å². The standard InChI is InChI=1S/C14H17NO6/c1-8-9(4-3-5-11(8)16)13(18)15-10(14(19)20)6-7-12(17)21-2/h3-5,10,16H,6-7H2,1-2H3,(H,15,18)(H,19,20)/t10-/m1/s1. The fourth-order valence-electron chi connectivity index (χ4n) is 1.73. The van der Waals surface area contributed by atoms with Crippen LogP contribution in [0.15, 0.2) is 18.2 Å². The predicted octanol–water partition coefficient (Wildman–Crippen LogP) is 0.837. The second-order valence-corrected chi connectivity index (χ2v) is 4.43. The van der Waals surface area contributed by atoms with E-state index in [1.165, 1.54) is 25.3 Å². The average Bonchev–Trinajstić information content (AvgIpc) is 2.45. The van der Waals surface area contributed by atoms with E-state index in [-0.39, 0.29) is 24.2 Å². The SMILES string of the molecule is COC(=O)CC[C@@H](NC(=O)c1cccc(O)c1C)C(=O)O. The Morgan fingerprint density at radius 1 is 1.33 bits per heavy atom. The van der Waals surface area contributed by atoms with Crippen molar-refractivity contribution in [2.24, 2.45) is 0 Å². The number of amides is 1. The zero-order chi connectivity index (χ0) is 16.0. The highest BCUT2D eigenvalue weighted by Gasteiger charge is 2.23. The van der Waals surface area contributed by atoms with Crippen molar-refractivity contribution in [3.63, 3.8) is 0 Å². The Hall–Kier alpha value is -2.57. The van der Waals surface area contributed by atoms with Crippen LogP contribution in [-0.4, -0.2) is 41.2 Å². The number of ether oxygens (including phenoxy) is 1. The Balaban J connectivity index is 2.79. The fraction of sp³-hybridized carbons (Fsp3) is 0.357. The largest absolute Gasteiger partial charge is 0.508 e. The maximum atomic E-state index is 12.0. The third-order valence-electron chi connectivity index (χ3n) is 3.02. The van der Waals surface area contributed by atoms with E-state index in [0.29, 0.717) is 5.56 Å². The molecule has 0 unspecified atom stereocenters. The number of phenolic OH excluding ortho intramolecular Hbond substituents is 1. The number of carboxylic acid groups (broad SMARTS) is 1. The molecule has 21 heavy (non-hydrogen) atoms. The Morgan fingerprint density at radius 3 is 2.57 bits per heavy atom. The number of esters is 1. The molecular weight excluding hydrogens is 278 g/mol. The summed E-state index contributed by atoms with van der Waals surface area (Å²) in [7, 11) is 1.20. The number of aliphatic carboxylic acids is 1. The van der Waals surface area contributed by atoms with Gasteiger partial charge in [0.05, 0.1) is 7.11 Å². The van der Waals surface area contributed by atoms with Gasteiger partial charge in [-0.15, -0.1) is 0 Å². The number of rotatable bonds is 6. The lowest BCUT2D eigenvalue weighted by Gasteiger charge is -2.15. The van der Waals surface area contributed by atoms with Crippen molar-refractivity contribution in [2.45, 2.75) is 25.8 Å². The van der Waals surface area contributed by atoms with Gasteiger partial charge in [0.2, 0.25) is 0 Å². The van der Waals surface area contributed by atoms with E-state index in [4.69, 9.17) is 5.11 Å². The van der Waals surface area contributed by atoms with Crippen LogP contribution in [0.5, 0.6) is 5.75 Å². The van der Waals surface area contributed by atoms with Crippen molar-refractivity contribution in [3.05, 3.63) is 29.3 Å². The molecule has 0 saturated heterocycles. The molecular formula is C14H17NO6. The lowest BCUT2D eigenvalue weighted by molar-refractivity contribution is -0.142. The molecule has 7 heteroatoms. The molecule has 0 saturated carbocycles. The Kier molecular flexibility index (Phi) is 5.71. The van der Waals surface area contributed by atoms with E-state index in [2.05, 4.69) is 10.1 Å². The van der Waals surface area contributed by atoms with E-state index >= 15 is 0 Å². The van der Waals surface area contributed by atoms with Gasteiger partial charge in [-0.3, -0.25) is 9.59 Å². The normalized spacial score (nSPS) is 11.5. The van der Waals surface area contributed by atoms with Gasteiger partial charge >= 0.3 is 11.9 Å². The van der Waals surface area contributed by atoms with Crippen LogP contribution in [0.25, 0.3) is 0 Å². The number of hydrogen-bond acceptors (Lipinski definition) is 5. The average molecular weight is 295 g/mol. The molecule has 1 aromatic carbocycles. The summed E-state index contributed by atoms with van der Waals surface area (Å²) in [4.78, 5) is 34.2. The van der Waals surface area contributed by atoms with E-state index in [0.717, 1.165) is 0 Å². The van der Waals surface area contributed by atoms with E-state index in [9.17, 15) is 19.5 Å². The van der Waals surface area contributed by atoms with Crippen LogP contribution in [-0.2, 0) is 14.3 Å². The Labute approximate surface area is 121 Å². The zero-order valence-electron chi connectivity index (χ0n) is 11.8. The topological polar surface area (TPSA) is 113 Å². The van der Waals surface area contributed by atoms with Crippen LogP contribution in [0.4, 0.5) is 0 Å². The van der Waals surface area contributed by atoms with Gasteiger partial charge in [-0.1, -0.05) is 6.07 Å². The smallest absolute Gasteiger partial charge is 0.326 e. The molecule has 0 aliphatic heterocycles. The molecule has 1 atom stereocenters. The number of nitrogens with one attached hydrogen (secondary N) is 1. The molecule has 0 spiro atoms. The summed E-state index contributed by atoms with van der Waals surface area (Å²) in [6.45, 7) is 1.55. The lowest BCUT2D eigenvalue weighted by atomic mass is 10.1. The summed E-state index contributed by atoms with van der Waals surface area (Å²) < 4.78 is 4.43. The van der Waals surface area contributed by atoms with Crippen molar-refractivity contribution in [3.8, 4) is 5.75 Å². The van der Waals surface area contributed by atoms with Crippen LogP contribution in [0.2, 0.25) is 0 Å². The third kappa shape index (κ3) is 4.48. The maximum Gasteiger partial charge on any atom is 0.326 e. The number of carboxylic acids is 1. The Bertz CT molecular complexity index is 554. The highest BCUT2D eigenvalue weighted by molar-refractivity contribution is 5.98. The molecule has 0 radical (unpaired) electrons. The van der Waals surface area contributed by atoms with Crippen molar-refractivity contribution in [1.82, 2.24) is 5.32 Å². The fourth-order valence-corrected chi connectivity index (χ4v) is 1.73. The van der Waals surface area contributed by atoms with Gasteiger partial charge in [0.1, 0.15) is 11.8 Å². The van der Waals surface area contributed by atoms with Gasteiger partial charge in [0.25, 0.3) is 5.91 Å². The summed E-state index contributed by atoms with van der Waals surface area (Å²) >= 11 is 0. The van der Waals surface area contributed by atoms with Crippen LogP contribution in [0.1, 0.15) is 28.8 Å². The molecule has 0 aliphatic rings. The molecule has 0 heterocycles. The monoisotopic (exact) mass is 295 g/mol. The number of carbonyl (C=O) groups is 3. The summed E-state index contributed by atoms with van der Waals surface area (Å²) in [5.41, 5.74) is 0.534. The van der Waals surface area contributed by atoms with Crippen molar-refractivity contribution >= 4 is 17.8 Å². The summed E-state index contributed by atoms with van der Waals surface area (Å²) in [6.07, 6.45) is -0.196. The molecule has 1 aromatic rings. The lowest BCUT2D eigenvalue weighted by Crippen LogP contribution is -2.41. The highest BCUT2D eigenvalue weighted by atomic mass is 16.5. The van der Waals surface area contributed by atoms with Gasteiger partial charge in [0, 0.05) is 17.5 Å². The molecule has 3 N–H and O–H groups in total. The summed E-state index contributed by atoms with van der Waals surface area (Å²) in [5.74, 6) is -2.47. The third-order valence-corrected chi connectivity index (χ3v) is 3.02. The molecule has 0 aromatic heterocycles. The summed E-state index contributed by atoms with van der Waals surface area (Å²) in [5, 5.41) is 20.9. The van der Waals surface area contributed by atoms with E-state index in [1.807, 2.05) is 0 Å². The number of benzene rings is 1. The van der Waals surface area contributed by atoms with Gasteiger partial charge in [-0.2, -0.15) is 0 Å². The van der Waals surface area contributed by atoms with Crippen LogP contribution < -0.4 is 5.32 Å². The summed E-state index contributed by atoms with van der Waals surface area (Å²) in [6, 6.07) is 3.18. The van der Waals surface area contributed by atoms with Crippen LogP contribution in [0.3, 0.4) is 0 Å². The molecule has 114 valence electrons. The van der Waals surface area contributed by atoms with E-state index < -0.39 is 23.9 Å². The van der Waals surface area contributed by atoms with Crippen molar-refractivity contribution in [1.29, 1.82) is 0 Å². The minimum absolute atomic E-state index is 0.0518. The van der Waals surface area contributed by atoms with Crippen molar-refractivity contribution in [2.75, 3.05) is 7.11 Å². The number of carbonyl (C=O) groups excluding carboxylic acids is 2. The number of phenols is 1. The first-order valence-corrected chi connectivity index (χ1v) is 6.26. The molecule has 0 aliphatic carbocycles. The zero-order valence-corrected chi connectivity index (χ0v) is 11.8. The second-order valence-electron chi connectivity index (χ2n) is 4.43. The van der Waals surface area contributed by atoms with Gasteiger partial charge in [-0.05, 0) is 25.5 Å². The number of methoxy groups -OCH3 is 1. The highest BCUT2D eigenvalue weighted by Crippen LogP contribution is 2.19. The quantitative estimate of drug-likeness (QED) is 0.670. The van der Waals surface area contributed by atoms with Gasteiger partial charge < -0.3 is 20.3 Å².